The van der Waals surface area contributed by atoms with Crippen LogP contribution < -0.4 is 15.0 Å². The molecule has 1 fully saturated rings. The molecule has 3 heterocycles. The fourth-order valence-electron chi connectivity index (χ4n) is 3.72. The van der Waals surface area contributed by atoms with Gasteiger partial charge in [-0.2, -0.15) is 5.10 Å². The average Bonchev–Trinajstić information content (AvgIpc) is 3.58. The van der Waals surface area contributed by atoms with Crippen LogP contribution >= 0.6 is 35.2 Å². The van der Waals surface area contributed by atoms with E-state index in [-0.39, 0.29) is 16.6 Å². The van der Waals surface area contributed by atoms with Crippen molar-refractivity contribution < 1.29 is 19.1 Å². The van der Waals surface area contributed by atoms with Gasteiger partial charge in [0.1, 0.15) is 17.0 Å². The molecule has 1 aliphatic rings. The number of amides is 2. The SMILES string of the molecule is COc1ccc(-c2nn(C(=O)c3cccs3)cc2C=C2C(=O)NC(=S)N(c3ccc(Cl)cc3)C2=O)cc1. The van der Waals surface area contributed by atoms with Crippen LogP contribution in [-0.2, 0) is 9.59 Å². The fourth-order valence-corrected chi connectivity index (χ4v) is 4.78. The first-order chi connectivity index (χ1) is 17.9. The van der Waals surface area contributed by atoms with E-state index >= 15 is 0 Å². The van der Waals surface area contributed by atoms with E-state index in [1.807, 2.05) is 0 Å². The molecule has 5 rings (SSSR count). The number of carbonyl (C=O) groups is 3. The minimum absolute atomic E-state index is 0.0478. The number of thiophene rings is 1. The number of anilines is 1. The van der Waals surface area contributed by atoms with E-state index < -0.39 is 11.8 Å². The molecule has 37 heavy (non-hydrogen) atoms. The summed E-state index contributed by atoms with van der Waals surface area (Å²) in [5.41, 5.74) is 1.76. The Labute approximate surface area is 225 Å². The van der Waals surface area contributed by atoms with E-state index in [1.54, 1.807) is 73.2 Å². The van der Waals surface area contributed by atoms with E-state index in [0.29, 0.717) is 38.2 Å². The van der Waals surface area contributed by atoms with Gasteiger partial charge in [0, 0.05) is 22.3 Å². The number of carbonyl (C=O) groups excluding carboxylic acids is 3. The highest BCUT2D eigenvalue weighted by atomic mass is 35.5. The van der Waals surface area contributed by atoms with Gasteiger partial charge < -0.3 is 4.74 Å². The van der Waals surface area contributed by atoms with Crippen LogP contribution in [-0.4, -0.2) is 39.7 Å². The molecule has 1 N–H and O–H groups in total. The number of nitrogens with one attached hydrogen (secondary N) is 1. The molecular weight excluding hydrogens is 532 g/mol. The van der Waals surface area contributed by atoms with Gasteiger partial charge in [0.15, 0.2) is 5.11 Å². The molecule has 11 heteroatoms. The minimum Gasteiger partial charge on any atom is -0.497 e. The second-order valence-corrected chi connectivity index (χ2v) is 9.59. The number of benzene rings is 2. The van der Waals surface area contributed by atoms with Crippen LogP contribution in [0.15, 0.2) is 77.8 Å². The molecule has 0 unspecified atom stereocenters. The maximum atomic E-state index is 13.5. The summed E-state index contributed by atoms with van der Waals surface area (Å²) in [5, 5.41) is 9.30. The topological polar surface area (TPSA) is 93.5 Å². The van der Waals surface area contributed by atoms with Crippen LogP contribution in [0.25, 0.3) is 17.3 Å². The molecule has 184 valence electrons. The van der Waals surface area contributed by atoms with E-state index in [4.69, 9.17) is 28.6 Å². The predicted octanol–water partition coefficient (Wildman–Crippen LogP) is 4.79. The molecule has 1 aliphatic heterocycles. The zero-order valence-electron chi connectivity index (χ0n) is 19.2. The second kappa shape index (κ2) is 10.1. The number of hydrogen-bond acceptors (Lipinski definition) is 7. The molecule has 2 amide bonds. The number of halogens is 1. The van der Waals surface area contributed by atoms with Crippen molar-refractivity contribution in [3.05, 3.63) is 93.3 Å². The summed E-state index contributed by atoms with van der Waals surface area (Å²) in [6.07, 6.45) is 2.90. The Kier molecular flexibility index (Phi) is 6.70. The number of hydrogen-bond donors (Lipinski definition) is 1. The molecule has 0 radical (unpaired) electrons. The van der Waals surface area contributed by atoms with E-state index in [0.717, 1.165) is 0 Å². The lowest BCUT2D eigenvalue weighted by atomic mass is 10.0. The Bertz CT molecular complexity index is 1560. The number of aromatic nitrogens is 2. The van der Waals surface area contributed by atoms with Crippen molar-refractivity contribution >= 4 is 69.8 Å². The van der Waals surface area contributed by atoms with Crippen LogP contribution in [0.5, 0.6) is 5.75 Å². The smallest absolute Gasteiger partial charge is 0.288 e. The van der Waals surface area contributed by atoms with Crippen LogP contribution in [0.3, 0.4) is 0 Å². The number of nitrogens with zero attached hydrogens (tertiary/aromatic N) is 3. The third kappa shape index (κ3) is 4.82. The first kappa shape index (κ1) is 24.6. The Hall–Kier alpha value is -4.12. The van der Waals surface area contributed by atoms with Crippen LogP contribution in [0.4, 0.5) is 5.69 Å². The molecule has 0 spiro atoms. The largest absolute Gasteiger partial charge is 0.497 e. The molecule has 0 saturated carbocycles. The van der Waals surface area contributed by atoms with Gasteiger partial charge in [-0.15, -0.1) is 11.3 Å². The summed E-state index contributed by atoms with van der Waals surface area (Å²) >= 11 is 12.5. The highest BCUT2D eigenvalue weighted by molar-refractivity contribution is 7.80. The van der Waals surface area contributed by atoms with Crippen molar-refractivity contribution in [2.24, 2.45) is 0 Å². The lowest BCUT2D eigenvalue weighted by Gasteiger charge is -2.28. The maximum Gasteiger partial charge on any atom is 0.288 e. The summed E-state index contributed by atoms with van der Waals surface area (Å²) in [4.78, 5) is 41.1. The average molecular weight is 549 g/mol. The molecule has 0 atom stereocenters. The van der Waals surface area contributed by atoms with E-state index in [2.05, 4.69) is 10.4 Å². The van der Waals surface area contributed by atoms with Crippen molar-refractivity contribution in [3.8, 4) is 17.0 Å². The van der Waals surface area contributed by atoms with Gasteiger partial charge in [0.2, 0.25) is 0 Å². The highest BCUT2D eigenvalue weighted by Crippen LogP contribution is 2.29. The van der Waals surface area contributed by atoms with Gasteiger partial charge >= 0.3 is 0 Å². The number of thiocarbonyl (C=S) groups is 1. The second-order valence-electron chi connectivity index (χ2n) is 7.82. The first-order valence-corrected chi connectivity index (χ1v) is 12.5. The van der Waals surface area contributed by atoms with E-state index in [1.165, 1.54) is 33.2 Å². The third-order valence-electron chi connectivity index (χ3n) is 5.53. The summed E-state index contributed by atoms with van der Waals surface area (Å²) in [7, 11) is 1.56. The van der Waals surface area contributed by atoms with Gasteiger partial charge in [-0.1, -0.05) is 17.7 Å². The van der Waals surface area contributed by atoms with Crippen molar-refractivity contribution in [3.63, 3.8) is 0 Å². The zero-order chi connectivity index (χ0) is 26.1. The summed E-state index contributed by atoms with van der Waals surface area (Å²) < 4.78 is 6.43. The number of rotatable bonds is 5. The Morgan fingerprint density at radius 3 is 2.49 bits per heavy atom. The molecule has 2 aromatic heterocycles. The van der Waals surface area contributed by atoms with Crippen molar-refractivity contribution in [2.75, 3.05) is 12.0 Å². The van der Waals surface area contributed by atoms with Gasteiger partial charge in [-0.3, -0.25) is 24.6 Å². The van der Waals surface area contributed by atoms with Crippen molar-refractivity contribution in [2.45, 2.75) is 0 Å². The quantitative estimate of drug-likeness (QED) is 0.219. The van der Waals surface area contributed by atoms with Crippen molar-refractivity contribution in [1.82, 2.24) is 15.1 Å². The lowest BCUT2D eigenvalue weighted by Crippen LogP contribution is -2.54. The Morgan fingerprint density at radius 2 is 1.84 bits per heavy atom. The van der Waals surface area contributed by atoms with Crippen LogP contribution in [0, 0.1) is 0 Å². The Balaban J connectivity index is 1.60. The molecular formula is C26H17ClN4O4S2. The fraction of sp³-hybridized carbons (Fsp3) is 0.0385. The lowest BCUT2D eigenvalue weighted by molar-refractivity contribution is -0.122. The normalized spacial score (nSPS) is 14.7. The van der Waals surface area contributed by atoms with Gasteiger partial charge in [0.25, 0.3) is 17.7 Å². The third-order valence-corrected chi connectivity index (χ3v) is 6.93. The van der Waals surface area contributed by atoms with E-state index in [9.17, 15) is 14.4 Å². The molecule has 2 aromatic carbocycles. The van der Waals surface area contributed by atoms with Gasteiger partial charge in [0.05, 0.1) is 17.7 Å². The standard InChI is InChI=1S/C26H17ClN4O4S2/c1-35-19-10-4-15(5-11-19)22-16(14-30(29-22)25(34)21-3-2-12-37-21)13-20-23(32)28-26(36)31(24(20)33)18-8-6-17(27)7-9-18/h2-14H,1H3,(H,28,32,36). The maximum absolute atomic E-state index is 13.5. The zero-order valence-corrected chi connectivity index (χ0v) is 21.6. The monoisotopic (exact) mass is 548 g/mol. The van der Waals surface area contributed by atoms with Crippen LogP contribution in [0.2, 0.25) is 5.02 Å². The summed E-state index contributed by atoms with van der Waals surface area (Å²) in [6.45, 7) is 0. The molecule has 0 bridgehead atoms. The highest BCUT2D eigenvalue weighted by Gasteiger charge is 2.35. The van der Waals surface area contributed by atoms with Gasteiger partial charge in [-0.05, 0) is 78.3 Å². The van der Waals surface area contributed by atoms with Gasteiger partial charge in [-0.25, -0.2) is 4.68 Å². The number of methoxy groups -OCH3 is 1. The first-order valence-electron chi connectivity index (χ1n) is 10.8. The Morgan fingerprint density at radius 1 is 1.11 bits per heavy atom. The molecule has 4 aromatic rings. The predicted molar refractivity (Wildman–Crippen MR) is 146 cm³/mol. The van der Waals surface area contributed by atoms with Crippen molar-refractivity contribution in [1.29, 1.82) is 0 Å². The van der Waals surface area contributed by atoms with Crippen LogP contribution in [0.1, 0.15) is 15.2 Å². The number of ether oxygens (including phenoxy) is 1. The molecule has 1 saturated heterocycles. The molecule has 8 nitrogen and oxygen atoms in total. The summed E-state index contributed by atoms with van der Waals surface area (Å²) in [5.74, 6) is -0.961. The molecule has 0 aliphatic carbocycles. The summed E-state index contributed by atoms with van der Waals surface area (Å²) in [6, 6.07) is 17.0. The minimum atomic E-state index is -0.654.